The first-order chi connectivity index (χ1) is 12.0. The van der Waals surface area contributed by atoms with Gasteiger partial charge in [-0.1, -0.05) is 19.8 Å². The molecule has 1 aromatic rings. The number of sulfonamides is 1. The second-order valence-corrected chi connectivity index (χ2v) is 8.49. The largest absolute Gasteiger partial charge is 0.378 e. The number of unbranched alkanes of at least 4 members (excludes halogenated alkanes) is 2. The number of morpholine rings is 1. The van der Waals surface area contributed by atoms with Gasteiger partial charge in [-0.2, -0.15) is 0 Å². The van der Waals surface area contributed by atoms with Crippen molar-refractivity contribution < 1.29 is 17.9 Å². The summed E-state index contributed by atoms with van der Waals surface area (Å²) in [5.41, 5.74) is 0.436. The topological polar surface area (TPSA) is 75.7 Å². The molecule has 0 saturated carbocycles. The monoisotopic (exact) mass is 386 g/mol. The lowest BCUT2D eigenvalue weighted by Crippen LogP contribution is -2.41. The fourth-order valence-electron chi connectivity index (χ4n) is 2.62. The maximum absolute atomic E-state index is 12.8. The molecule has 1 heterocycles. The van der Waals surface area contributed by atoms with Gasteiger partial charge in [-0.05, 0) is 30.9 Å². The fraction of sp³-hybridized carbons (Fsp3) is 0.588. The van der Waals surface area contributed by atoms with Crippen molar-refractivity contribution in [1.82, 2.24) is 9.62 Å². The molecule has 6 nitrogen and oxygen atoms in total. The van der Waals surface area contributed by atoms with E-state index in [9.17, 15) is 13.2 Å². The van der Waals surface area contributed by atoms with Gasteiger partial charge in [0.15, 0.2) is 0 Å². The molecule has 0 unspecified atom stereocenters. The Balaban J connectivity index is 2.22. The third-order valence-electron chi connectivity index (χ3n) is 4.08. The van der Waals surface area contributed by atoms with E-state index in [0.29, 0.717) is 38.4 Å². The standard InChI is InChI=1S/C17H26N2O4S2/c1-3-4-5-8-18-25(21,22)14-6-7-16(24-2)15(13-14)17(20)19-9-11-23-12-10-19/h6-7,13,18H,3-5,8-12H2,1-2H3. The molecule has 1 aliphatic rings. The lowest BCUT2D eigenvalue weighted by atomic mass is 10.2. The van der Waals surface area contributed by atoms with Crippen LogP contribution in [0.3, 0.4) is 0 Å². The summed E-state index contributed by atoms with van der Waals surface area (Å²) >= 11 is 1.44. The van der Waals surface area contributed by atoms with Crippen molar-refractivity contribution in [2.24, 2.45) is 0 Å². The predicted octanol–water partition coefficient (Wildman–Crippen LogP) is 2.35. The normalized spacial score (nSPS) is 15.4. The van der Waals surface area contributed by atoms with Crippen molar-refractivity contribution in [1.29, 1.82) is 0 Å². The Hall–Kier alpha value is -1.09. The minimum absolute atomic E-state index is 0.137. The van der Waals surface area contributed by atoms with Crippen molar-refractivity contribution in [3.05, 3.63) is 23.8 Å². The molecule has 140 valence electrons. The molecule has 1 amide bonds. The smallest absolute Gasteiger partial charge is 0.255 e. The molecule has 0 bridgehead atoms. The van der Waals surface area contributed by atoms with E-state index < -0.39 is 10.0 Å². The lowest BCUT2D eigenvalue weighted by Gasteiger charge is -2.27. The predicted molar refractivity (Wildman–Crippen MR) is 99.7 cm³/mol. The van der Waals surface area contributed by atoms with E-state index in [4.69, 9.17) is 4.74 Å². The molecule has 0 aliphatic carbocycles. The van der Waals surface area contributed by atoms with Crippen molar-refractivity contribution >= 4 is 27.7 Å². The molecule has 1 aliphatic heterocycles. The highest BCUT2D eigenvalue weighted by Gasteiger charge is 2.23. The average Bonchev–Trinajstić information content (AvgIpc) is 2.65. The van der Waals surface area contributed by atoms with Gasteiger partial charge in [-0.15, -0.1) is 11.8 Å². The van der Waals surface area contributed by atoms with Gasteiger partial charge in [0.25, 0.3) is 5.91 Å². The second-order valence-electron chi connectivity index (χ2n) is 5.87. The molecule has 1 fully saturated rings. The zero-order chi connectivity index (χ0) is 18.3. The summed E-state index contributed by atoms with van der Waals surface area (Å²) in [7, 11) is -3.61. The second kappa shape index (κ2) is 9.56. The summed E-state index contributed by atoms with van der Waals surface area (Å²) in [4.78, 5) is 15.4. The quantitative estimate of drug-likeness (QED) is 0.548. The van der Waals surface area contributed by atoms with Crippen molar-refractivity contribution in [3.8, 4) is 0 Å². The Morgan fingerprint density at radius 1 is 1.28 bits per heavy atom. The van der Waals surface area contributed by atoms with E-state index in [1.807, 2.05) is 6.26 Å². The maximum atomic E-state index is 12.8. The molecular formula is C17H26N2O4S2. The van der Waals surface area contributed by atoms with E-state index >= 15 is 0 Å². The molecule has 0 atom stereocenters. The molecule has 1 aromatic carbocycles. The van der Waals surface area contributed by atoms with Crippen LogP contribution in [0.15, 0.2) is 28.0 Å². The van der Waals surface area contributed by atoms with Crippen LogP contribution in [0.25, 0.3) is 0 Å². The van der Waals surface area contributed by atoms with Crippen LogP contribution < -0.4 is 4.72 Å². The Kier molecular flexibility index (Phi) is 7.74. The number of hydrogen-bond acceptors (Lipinski definition) is 5. The lowest BCUT2D eigenvalue weighted by molar-refractivity contribution is 0.0300. The highest BCUT2D eigenvalue weighted by Crippen LogP contribution is 2.25. The van der Waals surface area contributed by atoms with Crippen molar-refractivity contribution in [3.63, 3.8) is 0 Å². The number of ether oxygens (including phenoxy) is 1. The van der Waals surface area contributed by atoms with Crippen LogP contribution in [-0.4, -0.2) is 58.3 Å². The van der Waals surface area contributed by atoms with E-state index in [2.05, 4.69) is 11.6 Å². The van der Waals surface area contributed by atoms with Crippen LogP contribution in [0.1, 0.15) is 36.5 Å². The van der Waals surface area contributed by atoms with Crippen LogP contribution in [0, 0.1) is 0 Å². The third kappa shape index (κ3) is 5.44. The zero-order valence-corrected chi connectivity index (χ0v) is 16.4. The summed E-state index contributed by atoms with van der Waals surface area (Å²) in [6.07, 6.45) is 4.69. The Labute approximate surface area is 154 Å². The first-order valence-electron chi connectivity index (χ1n) is 8.54. The van der Waals surface area contributed by atoms with Crippen LogP contribution >= 0.6 is 11.8 Å². The number of carbonyl (C=O) groups is 1. The van der Waals surface area contributed by atoms with Gasteiger partial charge in [-0.3, -0.25) is 4.79 Å². The van der Waals surface area contributed by atoms with E-state index in [-0.39, 0.29) is 10.8 Å². The van der Waals surface area contributed by atoms with Gasteiger partial charge in [0.1, 0.15) is 0 Å². The Morgan fingerprint density at radius 3 is 2.64 bits per heavy atom. The molecule has 0 radical (unpaired) electrons. The van der Waals surface area contributed by atoms with Crippen LogP contribution in [-0.2, 0) is 14.8 Å². The number of hydrogen-bond donors (Lipinski definition) is 1. The average molecular weight is 387 g/mol. The van der Waals surface area contributed by atoms with Crippen LogP contribution in [0.2, 0.25) is 0 Å². The zero-order valence-electron chi connectivity index (χ0n) is 14.8. The molecule has 0 spiro atoms. The number of amides is 1. The third-order valence-corrected chi connectivity index (χ3v) is 6.34. The summed E-state index contributed by atoms with van der Waals surface area (Å²) in [6, 6.07) is 4.76. The number of rotatable bonds is 8. The molecular weight excluding hydrogens is 360 g/mol. The molecule has 25 heavy (non-hydrogen) atoms. The van der Waals surface area contributed by atoms with Gasteiger partial charge < -0.3 is 9.64 Å². The van der Waals surface area contributed by atoms with Gasteiger partial charge in [0.05, 0.1) is 23.7 Å². The van der Waals surface area contributed by atoms with E-state index in [1.165, 1.54) is 17.8 Å². The molecule has 2 rings (SSSR count). The molecule has 0 aromatic heterocycles. The maximum Gasteiger partial charge on any atom is 0.255 e. The Morgan fingerprint density at radius 2 is 2.00 bits per heavy atom. The van der Waals surface area contributed by atoms with E-state index in [0.717, 1.165) is 24.2 Å². The van der Waals surface area contributed by atoms with Gasteiger partial charge in [0, 0.05) is 24.5 Å². The first-order valence-corrected chi connectivity index (χ1v) is 11.2. The minimum Gasteiger partial charge on any atom is -0.378 e. The van der Waals surface area contributed by atoms with Crippen molar-refractivity contribution in [2.45, 2.75) is 36.0 Å². The molecule has 1 saturated heterocycles. The highest BCUT2D eigenvalue weighted by molar-refractivity contribution is 7.98. The SMILES string of the molecule is CCCCCNS(=O)(=O)c1ccc(SC)c(C(=O)N2CCOCC2)c1. The number of carbonyl (C=O) groups excluding carboxylic acids is 1. The number of nitrogens with one attached hydrogen (secondary N) is 1. The van der Waals surface area contributed by atoms with Gasteiger partial charge in [0.2, 0.25) is 10.0 Å². The molecule has 8 heteroatoms. The fourth-order valence-corrected chi connectivity index (χ4v) is 4.29. The highest BCUT2D eigenvalue weighted by atomic mass is 32.2. The van der Waals surface area contributed by atoms with E-state index in [1.54, 1.807) is 17.0 Å². The van der Waals surface area contributed by atoms with Crippen LogP contribution in [0.4, 0.5) is 0 Å². The summed E-state index contributed by atoms with van der Waals surface area (Å²) in [5, 5.41) is 0. The summed E-state index contributed by atoms with van der Waals surface area (Å²) < 4.78 is 32.9. The number of benzene rings is 1. The Bertz CT molecular complexity index is 686. The summed E-state index contributed by atoms with van der Waals surface area (Å²) in [5.74, 6) is -0.143. The summed E-state index contributed by atoms with van der Waals surface area (Å²) in [6.45, 7) is 4.55. The van der Waals surface area contributed by atoms with Crippen LogP contribution in [0.5, 0.6) is 0 Å². The van der Waals surface area contributed by atoms with Gasteiger partial charge in [-0.25, -0.2) is 13.1 Å². The van der Waals surface area contributed by atoms with Crippen molar-refractivity contribution in [2.75, 3.05) is 39.1 Å². The number of nitrogens with zero attached hydrogens (tertiary/aromatic N) is 1. The van der Waals surface area contributed by atoms with Gasteiger partial charge >= 0.3 is 0 Å². The first kappa shape index (κ1) is 20.2. The minimum atomic E-state index is -3.61. The molecule has 1 N–H and O–H groups in total. The number of thioether (sulfide) groups is 1.